The van der Waals surface area contributed by atoms with Gasteiger partial charge in [-0.15, -0.1) is 0 Å². The molecule has 0 aromatic heterocycles. The van der Waals surface area contributed by atoms with E-state index in [1.807, 2.05) is 0 Å². The summed E-state index contributed by atoms with van der Waals surface area (Å²) in [5.74, 6) is -1.64. The first kappa shape index (κ1) is 29.2. The third-order valence-electron chi connectivity index (χ3n) is 6.77. The lowest BCUT2D eigenvalue weighted by molar-refractivity contribution is -0.139. The largest absolute Gasteiger partial charge is 0.462 e. The summed E-state index contributed by atoms with van der Waals surface area (Å²) in [6, 6.07) is 15.1. The van der Waals surface area contributed by atoms with Crippen LogP contribution < -0.4 is 9.47 Å². The van der Waals surface area contributed by atoms with Gasteiger partial charge in [-0.2, -0.15) is 0 Å². The van der Waals surface area contributed by atoms with Crippen molar-refractivity contribution in [2.75, 3.05) is 6.61 Å². The summed E-state index contributed by atoms with van der Waals surface area (Å²) in [7, 11) is 0. The second-order valence-electron chi connectivity index (χ2n) is 10.2. The van der Waals surface area contributed by atoms with Gasteiger partial charge in [-0.25, -0.2) is 18.8 Å². The molecule has 1 aliphatic rings. The molecule has 0 aliphatic heterocycles. The minimum absolute atomic E-state index is 0.0769. The van der Waals surface area contributed by atoms with Crippen LogP contribution in [0.4, 0.5) is 4.39 Å². The highest BCUT2D eigenvalue weighted by atomic mass is 19.1. The lowest BCUT2D eigenvalue weighted by Gasteiger charge is -2.18. The van der Waals surface area contributed by atoms with Gasteiger partial charge in [0.1, 0.15) is 17.3 Å². The zero-order valence-electron chi connectivity index (χ0n) is 23.3. The van der Waals surface area contributed by atoms with Crippen molar-refractivity contribution in [2.45, 2.75) is 39.5 Å². The van der Waals surface area contributed by atoms with E-state index >= 15 is 4.39 Å². The normalized spacial score (nSPS) is 13.6. The molecule has 0 amide bonds. The number of benzene rings is 3. The SMILES string of the molecule is C=C(C)C(=O)OCC1CCc2c(-c3ccc(-c4cccc(OC(=O)C(=C)C)c4)cc3F)ccc(OC(=O)C(=C)C)c21. The van der Waals surface area contributed by atoms with E-state index in [-0.39, 0.29) is 29.2 Å². The van der Waals surface area contributed by atoms with Crippen molar-refractivity contribution in [3.63, 3.8) is 0 Å². The Morgan fingerprint density at radius 3 is 2.10 bits per heavy atom. The van der Waals surface area contributed by atoms with Crippen molar-refractivity contribution >= 4 is 17.9 Å². The summed E-state index contributed by atoms with van der Waals surface area (Å²) in [6.45, 7) is 15.6. The summed E-state index contributed by atoms with van der Waals surface area (Å²) in [4.78, 5) is 36.3. The molecular weight excluding hydrogens is 523 g/mol. The van der Waals surface area contributed by atoms with Gasteiger partial charge in [0, 0.05) is 33.8 Å². The van der Waals surface area contributed by atoms with E-state index in [1.54, 1.807) is 69.3 Å². The molecule has 0 saturated heterocycles. The highest BCUT2D eigenvalue weighted by Gasteiger charge is 2.31. The molecule has 1 atom stereocenters. The molecule has 41 heavy (non-hydrogen) atoms. The third kappa shape index (κ3) is 6.52. The van der Waals surface area contributed by atoms with Crippen LogP contribution in [0, 0.1) is 5.82 Å². The minimum Gasteiger partial charge on any atom is -0.462 e. The maximum absolute atomic E-state index is 15.7. The molecule has 0 saturated carbocycles. The van der Waals surface area contributed by atoms with Crippen LogP contribution in [-0.2, 0) is 25.5 Å². The monoisotopic (exact) mass is 554 g/mol. The summed E-state index contributed by atoms with van der Waals surface area (Å²) in [6.07, 6.45) is 1.21. The Labute approximate surface area is 238 Å². The number of rotatable bonds is 9. The molecule has 0 spiro atoms. The summed E-state index contributed by atoms with van der Waals surface area (Å²) < 4.78 is 32.1. The predicted molar refractivity (Wildman–Crippen MR) is 155 cm³/mol. The first-order valence-corrected chi connectivity index (χ1v) is 13.1. The maximum Gasteiger partial charge on any atom is 0.338 e. The van der Waals surface area contributed by atoms with Crippen LogP contribution >= 0.6 is 0 Å². The average molecular weight is 555 g/mol. The number of halogens is 1. The summed E-state index contributed by atoms with van der Waals surface area (Å²) >= 11 is 0. The molecule has 210 valence electrons. The Kier molecular flexibility index (Phi) is 8.67. The van der Waals surface area contributed by atoms with E-state index in [4.69, 9.17) is 14.2 Å². The Bertz CT molecular complexity index is 1600. The number of hydrogen-bond donors (Lipinski definition) is 0. The zero-order chi connectivity index (χ0) is 29.8. The van der Waals surface area contributed by atoms with E-state index in [9.17, 15) is 14.4 Å². The van der Waals surface area contributed by atoms with E-state index < -0.39 is 23.7 Å². The molecular formula is C34H31FO6. The first-order valence-electron chi connectivity index (χ1n) is 13.1. The average Bonchev–Trinajstić information content (AvgIpc) is 3.36. The number of hydrogen-bond acceptors (Lipinski definition) is 6. The van der Waals surface area contributed by atoms with Crippen LogP contribution in [0.25, 0.3) is 22.3 Å². The zero-order valence-corrected chi connectivity index (χ0v) is 23.3. The summed E-state index contributed by atoms with van der Waals surface area (Å²) in [5.41, 5.74) is 4.66. The van der Waals surface area contributed by atoms with Crippen LogP contribution in [-0.4, -0.2) is 24.5 Å². The van der Waals surface area contributed by atoms with Crippen LogP contribution in [0.2, 0.25) is 0 Å². The van der Waals surface area contributed by atoms with Gasteiger partial charge in [-0.1, -0.05) is 50.1 Å². The highest BCUT2D eigenvalue weighted by molar-refractivity contribution is 5.90. The van der Waals surface area contributed by atoms with E-state index in [0.717, 1.165) is 5.56 Å². The lowest BCUT2D eigenvalue weighted by Crippen LogP contribution is -2.14. The van der Waals surface area contributed by atoms with Gasteiger partial charge in [0.15, 0.2) is 0 Å². The highest BCUT2D eigenvalue weighted by Crippen LogP contribution is 2.45. The van der Waals surface area contributed by atoms with Gasteiger partial charge in [0.2, 0.25) is 0 Å². The third-order valence-corrected chi connectivity index (χ3v) is 6.77. The number of fused-ring (bicyclic) bond motifs is 1. The van der Waals surface area contributed by atoms with Crippen LogP contribution in [0.15, 0.2) is 91.1 Å². The summed E-state index contributed by atoms with van der Waals surface area (Å²) in [5, 5.41) is 0. The number of ether oxygens (including phenoxy) is 3. The van der Waals surface area contributed by atoms with Crippen molar-refractivity contribution in [2.24, 2.45) is 0 Å². The van der Waals surface area contributed by atoms with Gasteiger partial charge in [0.05, 0.1) is 6.61 Å². The van der Waals surface area contributed by atoms with Crippen molar-refractivity contribution in [3.05, 3.63) is 108 Å². The van der Waals surface area contributed by atoms with Gasteiger partial charge < -0.3 is 14.2 Å². The predicted octanol–water partition coefficient (Wildman–Crippen LogP) is 7.27. The van der Waals surface area contributed by atoms with Gasteiger partial charge >= 0.3 is 17.9 Å². The van der Waals surface area contributed by atoms with Gasteiger partial charge in [-0.05, 0) is 80.1 Å². The van der Waals surface area contributed by atoms with Crippen molar-refractivity contribution in [3.8, 4) is 33.8 Å². The topological polar surface area (TPSA) is 78.9 Å². The van der Waals surface area contributed by atoms with E-state index in [0.29, 0.717) is 52.2 Å². The molecule has 3 aromatic rings. The molecule has 3 aromatic carbocycles. The fourth-order valence-electron chi connectivity index (χ4n) is 4.66. The van der Waals surface area contributed by atoms with Crippen molar-refractivity contribution in [1.29, 1.82) is 0 Å². The maximum atomic E-state index is 15.7. The van der Waals surface area contributed by atoms with Crippen LogP contribution in [0.1, 0.15) is 44.2 Å². The Hall–Kier alpha value is -4.78. The van der Waals surface area contributed by atoms with E-state index in [1.165, 1.54) is 6.07 Å². The van der Waals surface area contributed by atoms with Crippen LogP contribution in [0.3, 0.4) is 0 Å². The lowest BCUT2D eigenvalue weighted by atomic mass is 9.92. The Balaban J connectivity index is 1.70. The van der Waals surface area contributed by atoms with Gasteiger partial charge in [-0.3, -0.25) is 0 Å². The molecule has 1 aliphatic carbocycles. The minimum atomic E-state index is -0.573. The number of esters is 3. The van der Waals surface area contributed by atoms with Crippen molar-refractivity contribution < 1.29 is 33.0 Å². The molecule has 0 bridgehead atoms. The standard InChI is InChI=1S/C34H31FO6/c1-19(2)32(36)39-18-24-11-13-28-26(14-15-30(31(24)28)41-34(38)21(5)6)27-12-10-23(17-29(27)35)22-8-7-9-25(16-22)40-33(37)20(3)4/h7-10,12,14-17,24H,1,3,5,11,13,18H2,2,4,6H3. The van der Waals surface area contributed by atoms with Crippen LogP contribution in [0.5, 0.6) is 11.5 Å². The fourth-order valence-corrected chi connectivity index (χ4v) is 4.66. The first-order chi connectivity index (χ1) is 19.5. The molecule has 0 radical (unpaired) electrons. The van der Waals surface area contributed by atoms with Crippen molar-refractivity contribution in [1.82, 2.24) is 0 Å². The Morgan fingerprint density at radius 2 is 1.44 bits per heavy atom. The van der Waals surface area contributed by atoms with E-state index in [2.05, 4.69) is 19.7 Å². The molecule has 7 heteroatoms. The molecule has 0 heterocycles. The second-order valence-corrected chi connectivity index (χ2v) is 10.2. The number of carbonyl (C=O) groups is 3. The molecule has 6 nitrogen and oxygen atoms in total. The fraction of sp³-hybridized carbons (Fsp3) is 0.206. The molecule has 1 unspecified atom stereocenters. The van der Waals surface area contributed by atoms with Gasteiger partial charge in [0.25, 0.3) is 0 Å². The number of carbonyl (C=O) groups excluding carboxylic acids is 3. The molecule has 0 N–H and O–H groups in total. The quantitative estimate of drug-likeness (QED) is 0.157. The second kappa shape index (κ2) is 12.2. The smallest absolute Gasteiger partial charge is 0.338 e. The Morgan fingerprint density at radius 1 is 0.805 bits per heavy atom. The molecule has 4 rings (SSSR count). The molecule has 0 fully saturated rings.